The van der Waals surface area contributed by atoms with Gasteiger partial charge in [0.05, 0.1) is 17.2 Å². The summed E-state index contributed by atoms with van der Waals surface area (Å²) in [5.74, 6) is -8.48. The number of amides is 1. The summed E-state index contributed by atoms with van der Waals surface area (Å²) in [4.78, 5) is 37.5. The zero-order chi connectivity index (χ0) is 21.4. The van der Waals surface area contributed by atoms with Gasteiger partial charge in [-0.1, -0.05) is 18.7 Å². The number of phenolic OH excluding ortho intramolecular Hbond substituents is 1. The summed E-state index contributed by atoms with van der Waals surface area (Å²) in [5.41, 5.74) is 1.09. The number of aromatic hydroxyl groups is 1. The fraction of sp³-hybridized carbons (Fsp3) is 0.250. The highest BCUT2D eigenvalue weighted by molar-refractivity contribution is 6.25. The molecule has 9 heteroatoms. The molecule has 29 heavy (non-hydrogen) atoms. The third-order valence-corrected chi connectivity index (χ3v) is 5.97. The Morgan fingerprint density at radius 3 is 2.48 bits per heavy atom. The van der Waals surface area contributed by atoms with E-state index < -0.39 is 75.8 Å². The Morgan fingerprint density at radius 1 is 1.21 bits per heavy atom. The van der Waals surface area contributed by atoms with E-state index in [1.54, 1.807) is 0 Å². The smallest absolute Gasteiger partial charge is 0.255 e. The Balaban J connectivity index is 2.02. The first-order valence-electron chi connectivity index (χ1n) is 8.70. The molecule has 4 rings (SSSR count). The monoisotopic (exact) mass is 399 g/mol. The molecule has 0 fully saturated rings. The number of hydrogen-bond donors (Lipinski definition) is 6. The van der Waals surface area contributed by atoms with Crippen molar-refractivity contribution in [3.8, 4) is 5.75 Å². The third kappa shape index (κ3) is 2.13. The highest BCUT2D eigenvalue weighted by Gasteiger charge is 2.63. The van der Waals surface area contributed by atoms with Crippen molar-refractivity contribution in [1.29, 1.82) is 0 Å². The highest BCUT2D eigenvalue weighted by atomic mass is 16.4. The molecule has 0 heterocycles. The first kappa shape index (κ1) is 18.9. The van der Waals surface area contributed by atoms with Gasteiger partial charge < -0.3 is 31.3 Å². The quantitative estimate of drug-likeness (QED) is 0.358. The van der Waals surface area contributed by atoms with Crippen LogP contribution in [0.5, 0.6) is 5.75 Å². The SMILES string of the molecule is C=C1c2cccc(O)c2C(=O)C2=C(O)[C@]3(O)C(=O)C(C(N)=O)=C(O)CC3[C@@H](O)C12. The van der Waals surface area contributed by atoms with E-state index >= 15 is 0 Å². The molecule has 0 aromatic heterocycles. The van der Waals surface area contributed by atoms with Crippen LogP contribution in [0.2, 0.25) is 0 Å². The number of nitrogens with two attached hydrogens (primary N) is 1. The van der Waals surface area contributed by atoms with Gasteiger partial charge in [-0.05, 0) is 17.2 Å². The number of carbonyl (C=O) groups excluding carboxylic acids is 3. The predicted octanol–water partition coefficient (Wildman–Crippen LogP) is 0.0220. The van der Waals surface area contributed by atoms with Crippen molar-refractivity contribution in [3.63, 3.8) is 0 Å². The molecule has 3 aliphatic carbocycles. The molecule has 7 N–H and O–H groups in total. The molecular weight excluding hydrogens is 382 g/mol. The number of hydrogen-bond acceptors (Lipinski definition) is 8. The molecule has 9 nitrogen and oxygen atoms in total. The first-order valence-corrected chi connectivity index (χ1v) is 8.70. The average Bonchev–Trinajstić information content (AvgIpc) is 2.65. The Hall–Kier alpha value is -3.43. The van der Waals surface area contributed by atoms with Crippen LogP contribution in [0, 0.1) is 11.8 Å². The van der Waals surface area contributed by atoms with E-state index in [1.165, 1.54) is 18.2 Å². The summed E-state index contributed by atoms with van der Waals surface area (Å²) >= 11 is 0. The van der Waals surface area contributed by atoms with Gasteiger partial charge in [0, 0.05) is 18.3 Å². The molecule has 4 atom stereocenters. The van der Waals surface area contributed by atoms with E-state index in [1.807, 2.05) is 0 Å². The van der Waals surface area contributed by atoms with E-state index in [4.69, 9.17) is 5.73 Å². The van der Waals surface area contributed by atoms with Gasteiger partial charge in [0.1, 0.15) is 22.8 Å². The molecule has 1 aromatic carbocycles. The minimum atomic E-state index is -2.85. The Bertz CT molecular complexity index is 1100. The predicted molar refractivity (Wildman–Crippen MR) is 97.5 cm³/mol. The molecule has 2 unspecified atom stereocenters. The summed E-state index contributed by atoms with van der Waals surface area (Å²) in [6, 6.07) is 4.23. The second-order valence-electron chi connectivity index (χ2n) is 7.38. The van der Waals surface area contributed by atoms with Gasteiger partial charge >= 0.3 is 0 Å². The van der Waals surface area contributed by atoms with Crippen molar-refractivity contribution in [2.45, 2.75) is 18.1 Å². The maximum atomic E-state index is 13.1. The number of aliphatic hydroxyl groups is 4. The lowest BCUT2D eigenvalue weighted by molar-refractivity contribution is -0.152. The average molecular weight is 399 g/mol. The molecule has 0 radical (unpaired) electrons. The Morgan fingerprint density at radius 2 is 1.86 bits per heavy atom. The molecule has 0 bridgehead atoms. The first-order chi connectivity index (χ1) is 13.5. The van der Waals surface area contributed by atoms with Crippen molar-refractivity contribution < 1.29 is 39.9 Å². The second-order valence-corrected chi connectivity index (χ2v) is 7.38. The molecule has 150 valence electrons. The van der Waals surface area contributed by atoms with E-state index in [0.29, 0.717) is 0 Å². The maximum absolute atomic E-state index is 13.1. The standard InChI is InChI=1S/C20H17NO8/c1-6-7-3-2-4-9(22)12(7)16(25)14-11(6)15(24)8-5-10(23)13(19(21)28)17(26)20(8,29)18(14)27/h2-4,8,11,15,22-24,27,29H,1,5H2,(H2,21,28)/t8?,11?,15-,20-/m1/s1. The lowest BCUT2D eigenvalue weighted by Gasteiger charge is -2.48. The van der Waals surface area contributed by atoms with Crippen molar-refractivity contribution >= 4 is 23.0 Å². The number of allylic oxidation sites excluding steroid dienone is 1. The zero-order valence-corrected chi connectivity index (χ0v) is 14.9. The van der Waals surface area contributed by atoms with Crippen molar-refractivity contribution in [1.82, 2.24) is 0 Å². The van der Waals surface area contributed by atoms with E-state index in [2.05, 4.69) is 6.58 Å². The Labute approximate surface area is 163 Å². The summed E-state index contributed by atoms with van der Waals surface area (Å²) in [7, 11) is 0. The van der Waals surface area contributed by atoms with Crippen LogP contribution in [0.25, 0.3) is 5.57 Å². The number of aliphatic hydroxyl groups excluding tert-OH is 3. The summed E-state index contributed by atoms with van der Waals surface area (Å²) in [6.45, 7) is 3.86. The number of carbonyl (C=O) groups is 3. The molecule has 0 aliphatic heterocycles. The fourth-order valence-electron chi connectivity index (χ4n) is 4.59. The van der Waals surface area contributed by atoms with Gasteiger partial charge in [0.15, 0.2) is 11.4 Å². The van der Waals surface area contributed by atoms with Gasteiger partial charge in [0.25, 0.3) is 5.91 Å². The van der Waals surface area contributed by atoms with Gasteiger partial charge in [-0.3, -0.25) is 14.4 Å². The highest BCUT2D eigenvalue weighted by Crippen LogP contribution is 2.54. The van der Waals surface area contributed by atoms with Gasteiger partial charge in [-0.2, -0.15) is 0 Å². The third-order valence-electron chi connectivity index (χ3n) is 5.97. The summed E-state index contributed by atoms with van der Waals surface area (Å²) < 4.78 is 0. The number of rotatable bonds is 1. The number of primary amides is 1. The second kappa shape index (κ2) is 5.79. The van der Waals surface area contributed by atoms with E-state index in [0.717, 1.165) is 0 Å². The van der Waals surface area contributed by atoms with Crippen LogP contribution in [0.4, 0.5) is 0 Å². The van der Waals surface area contributed by atoms with Crippen LogP contribution in [0.1, 0.15) is 22.3 Å². The maximum Gasteiger partial charge on any atom is 0.255 e. The molecule has 1 amide bonds. The lowest BCUT2D eigenvalue weighted by Crippen LogP contribution is -2.62. The molecule has 3 aliphatic rings. The van der Waals surface area contributed by atoms with Gasteiger partial charge in [-0.15, -0.1) is 0 Å². The zero-order valence-electron chi connectivity index (χ0n) is 14.9. The molecule has 0 saturated heterocycles. The summed E-state index contributed by atoms with van der Waals surface area (Å²) in [6.07, 6.45) is -2.15. The molecule has 0 spiro atoms. The number of ketones is 2. The van der Waals surface area contributed by atoms with Crippen LogP contribution in [0.15, 0.2) is 47.4 Å². The molecular formula is C20H17NO8. The van der Waals surface area contributed by atoms with Crippen LogP contribution in [0.3, 0.4) is 0 Å². The van der Waals surface area contributed by atoms with Crippen molar-refractivity contribution in [2.75, 3.05) is 0 Å². The van der Waals surface area contributed by atoms with Crippen LogP contribution in [-0.4, -0.2) is 54.7 Å². The number of benzene rings is 1. The lowest BCUT2D eigenvalue weighted by atomic mass is 9.58. The largest absolute Gasteiger partial charge is 0.511 e. The molecule has 0 saturated carbocycles. The van der Waals surface area contributed by atoms with Crippen LogP contribution in [-0.2, 0) is 9.59 Å². The van der Waals surface area contributed by atoms with Crippen LogP contribution < -0.4 is 5.73 Å². The normalized spacial score (nSPS) is 31.4. The topological polar surface area (TPSA) is 178 Å². The minimum absolute atomic E-state index is 0.184. The van der Waals surface area contributed by atoms with Crippen molar-refractivity contribution in [2.24, 2.45) is 17.6 Å². The van der Waals surface area contributed by atoms with Crippen LogP contribution >= 0.6 is 0 Å². The van der Waals surface area contributed by atoms with Gasteiger partial charge in [-0.25, -0.2) is 0 Å². The number of phenols is 1. The number of fused-ring (bicyclic) bond motifs is 3. The van der Waals surface area contributed by atoms with Gasteiger partial charge in [0.2, 0.25) is 5.78 Å². The number of Topliss-reactive ketones (excluding diaryl/α,β-unsaturated/α-hetero) is 2. The Kier molecular flexibility index (Phi) is 3.77. The van der Waals surface area contributed by atoms with E-state index in [9.17, 15) is 39.9 Å². The molecule has 1 aromatic rings. The van der Waals surface area contributed by atoms with E-state index in [-0.39, 0.29) is 16.7 Å². The minimum Gasteiger partial charge on any atom is -0.511 e. The van der Waals surface area contributed by atoms with Crippen molar-refractivity contribution in [3.05, 3.63) is 58.6 Å². The fourth-order valence-corrected chi connectivity index (χ4v) is 4.59. The summed E-state index contributed by atoms with van der Waals surface area (Å²) in [5, 5.41) is 53.1.